The number of alkyl halides is 1. The Bertz CT molecular complexity index is 242. The van der Waals surface area contributed by atoms with E-state index in [4.69, 9.17) is 0 Å². The molecular weight excluding hydrogens is 236 g/mol. The highest BCUT2D eigenvalue weighted by atomic mass is 79.9. The number of aryl methyl sites for hydroxylation is 1. The van der Waals surface area contributed by atoms with E-state index in [1.54, 1.807) is 4.50 Å². The van der Waals surface area contributed by atoms with Crippen LogP contribution in [0.15, 0.2) is 12.1 Å². The predicted molar refractivity (Wildman–Crippen MR) is 60.0 cm³/mol. The Hall–Kier alpha value is 0.397. The van der Waals surface area contributed by atoms with E-state index in [2.05, 4.69) is 48.1 Å². The topological polar surface area (TPSA) is 0 Å². The lowest BCUT2D eigenvalue weighted by Crippen LogP contribution is -2.41. The van der Waals surface area contributed by atoms with Crippen LogP contribution in [0, 0.1) is 6.92 Å². The van der Waals surface area contributed by atoms with Crippen molar-refractivity contribution in [1.82, 2.24) is 0 Å². The first-order valence-corrected chi connectivity index (χ1v) is 8.83. The fourth-order valence-corrected chi connectivity index (χ4v) is 5.42. The summed E-state index contributed by atoms with van der Waals surface area (Å²) in [7, 11) is -1.10. The Kier molecular flexibility index (Phi) is 2.94. The maximum absolute atomic E-state index is 3.59. The Morgan fingerprint density at radius 2 is 2.09 bits per heavy atom. The fraction of sp³-hybridized carbons (Fsp3) is 0.500. The van der Waals surface area contributed by atoms with E-state index in [1.807, 2.05) is 11.3 Å². The minimum atomic E-state index is -1.10. The summed E-state index contributed by atoms with van der Waals surface area (Å²) in [5.41, 5.74) is 0. The molecule has 0 saturated heterocycles. The van der Waals surface area contributed by atoms with Crippen LogP contribution in [0.5, 0.6) is 0 Å². The fourth-order valence-electron chi connectivity index (χ4n) is 0.864. The van der Waals surface area contributed by atoms with Gasteiger partial charge in [0, 0.05) is 9.83 Å². The van der Waals surface area contributed by atoms with Gasteiger partial charge in [0.2, 0.25) is 0 Å². The van der Waals surface area contributed by atoms with Gasteiger partial charge < -0.3 is 0 Å². The summed E-state index contributed by atoms with van der Waals surface area (Å²) in [6, 6.07) is 4.50. The summed E-state index contributed by atoms with van der Waals surface area (Å²) in [4.78, 5) is 2.60. The zero-order valence-corrected chi connectivity index (χ0v) is 10.6. The van der Waals surface area contributed by atoms with Crippen molar-refractivity contribution < 1.29 is 0 Å². The Balaban J connectivity index is 2.92. The normalized spacial score (nSPS) is 12.0. The van der Waals surface area contributed by atoms with Crippen molar-refractivity contribution in [3.63, 3.8) is 0 Å². The van der Waals surface area contributed by atoms with Crippen molar-refractivity contribution >= 4 is 39.8 Å². The molecule has 3 heteroatoms. The van der Waals surface area contributed by atoms with E-state index < -0.39 is 8.07 Å². The molecule has 0 saturated carbocycles. The third-order valence-electron chi connectivity index (χ3n) is 1.74. The minimum Gasteiger partial charge on any atom is -0.150 e. The molecule has 0 fully saturated rings. The molecule has 0 aliphatic heterocycles. The molecule has 0 bridgehead atoms. The molecule has 62 valence electrons. The first-order valence-electron chi connectivity index (χ1n) is 3.69. The largest absolute Gasteiger partial charge is 0.150 e. The van der Waals surface area contributed by atoms with Crippen molar-refractivity contribution in [2.24, 2.45) is 0 Å². The average Bonchev–Trinajstić information content (AvgIpc) is 2.36. The van der Waals surface area contributed by atoms with Crippen LogP contribution in [-0.4, -0.2) is 13.0 Å². The third kappa shape index (κ3) is 2.17. The van der Waals surface area contributed by atoms with E-state index in [-0.39, 0.29) is 0 Å². The van der Waals surface area contributed by atoms with Gasteiger partial charge >= 0.3 is 0 Å². The molecule has 11 heavy (non-hydrogen) atoms. The molecule has 0 nitrogen and oxygen atoms in total. The summed E-state index contributed by atoms with van der Waals surface area (Å²) in [6.45, 7) is 6.97. The van der Waals surface area contributed by atoms with Gasteiger partial charge in [0.1, 0.15) is 8.07 Å². The second-order valence-electron chi connectivity index (χ2n) is 3.43. The van der Waals surface area contributed by atoms with E-state index in [9.17, 15) is 0 Å². The van der Waals surface area contributed by atoms with Crippen LogP contribution >= 0.6 is 27.3 Å². The molecule has 0 unspecified atom stereocenters. The van der Waals surface area contributed by atoms with Crippen molar-refractivity contribution in [1.29, 1.82) is 0 Å². The van der Waals surface area contributed by atoms with Crippen LogP contribution in [0.4, 0.5) is 0 Å². The smallest absolute Gasteiger partial charge is 0.104 e. The lowest BCUT2D eigenvalue weighted by atomic mass is 10.5. The van der Waals surface area contributed by atoms with Crippen LogP contribution in [-0.2, 0) is 0 Å². The SMILES string of the molecule is Cc1ccc([Si](C)(C)CBr)s1. The highest BCUT2D eigenvalue weighted by molar-refractivity contribution is 9.09. The van der Waals surface area contributed by atoms with Gasteiger partial charge in [-0.25, -0.2) is 0 Å². The zero-order valence-electron chi connectivity index (χ0n) is 7.15. The maximum Gasteiger partial charge on any atom is 0.104 e. The van der Waals surface area contributed by atoms with E-state index in [0.29, 0.717) is 0 Å². The Labute approximate surface area is 81.8 Å². The summed E-state index contributed by atoms with van der Waals surface area (Å²) >= 11 is 5.54. The van der Waals surface area contributed by atoms with Crippen molar-refractivity contribution in [2.75, 3.05) is 4.95 Å². The predicted octanol–water partition coefficient (Wildman–Crippen LogP) is 2.91. The molecule has 0 spiro atoms. The van der Waals surface area contributed by atoms with Gasteiger partial charge in [0.15, 0.2) is 0 Å². The molecule has 0 radical (unpaired) electrons. The number of thiophene rings is 1. The van der Waals surface area contributed by atoms with Gasteiger partial charge in [-0.05, 0) is 17.5 Å². The molecule has 0 N–H and O–H groups in total. The first kappa shape index (κ1) is 9.48. The number of hydrogen-bond donors (Lipinski definition) is 0. The average molecular weight is 249 g/mol. The molecule has 0 aliphatic rings. The molecule has 1 aromatic rings. The number of rotatable bonds is 2. The molecular formula is C8H13BrSSi. The van der Waals surface area contributed by atoms with E-state index in [1.165, 1.54) is 9.83 Å². The molecule has 0 amide bonds. The van der Waals surface area contributed by atoms with Gasteiger partial charge in [-0.3, -0.25) is 0 Å². The van der Waals surface area contributed by atoms with Gasteiger partial charge in [0.25, 0.3) is 0 Å². The highest BCUT2D eigenvalue weighted by Crippen LogP contribution is 2.13. The summed E-state index contributed by atoms with van der Waals surface area (Å²) in [6.07, 6.45) is 0. The van der Waals surface area contributed by atoms with Crippen molar-refractivity contribution in [3.05, 3.63) is 17.0 Å². The molecule has 1 aromatic heterocycles. The lowest BCUT2D eigenvalue weighted by molar-refractivity contribution is 1.64. The van der Waals surface area contributed by atoms with Crippen LogP contribution in [0.1, 0.15) is 4.88 Å². The third-order valence-corrected chi connectivity index (χ3v) is 10.9. The van der Waals surface area contributed by atoms with Crippen LogP contribution < -0.4 is 4.50 Å². The standard InChI is InChI=1S/C8H13BrSSi/c1-7-4-5-8(10-7)11(2,3)6-9/h4-5H,6H2,1-3H3. The van der Waals surface area contributed by atoms with Gasteiger partial charge in [0.05, 0.1) is 0 Å². The van der Waals surface area contributed by atoms with Gasteiger partial charge in [-0.1, -0.05) is 35.1 Å². The Morgan fingerprint density at radius 3 is 2.45 bits per heavy atom. The van der Waals surface area contributed by atoms with E-state index in [0.717, 1.165) is 0 Å². The van der Waals surface area contributed by atoms with Crippen LogP contribution in [0.3, 0.4) is 0 Å². The zero-order chi connectivity index (χ0) is 8.48. The monoisotopic (exact) mass is 248 g/mol. The van der Waals surface area contributed by atoms with E-state index >= 15 is 0 Å². The van der Waals surface area contributed by atoms with Crippen LogP contribution in [0.25, 0.3) is 0 Å². The molecule has 1 rings (SSSR count). The lowest BCUT2D eigenvalue weighted by Gasteiger charge is -2.16. The summed E-state index contributed by atoms with van der Waals surface area (Å²) in [5.74, 6) is 0. The maximum atomic E-state index is 3.59. The summed E-state index contributed by atoms with van der Waals surface area (Å²) < 4.78 is 1.60. The second kappa shape index (κ2) is 3.41. The van der Waals surface area contributed by atoms with Gasteiger partial charge in [-0.2, -0.15) is 11.3 Å². The first-order chi connectivity index (χ1) is 5.06. The van der Waals surface area contributed by atoms with Crippen molar-refractivity contribution in [3.8, 4) is 0 Å². The highest BCUT2D eigenvalue weighted by Gasteiger charge is 2.22. The number of hydrogen-bond acceptors (Lipinski definition) is 1. The molecule has 1 heterocycles. The minimum absolute atomic E-state index is 1.10. The second-order valence-corrected chi connectivity index (χ2v) is 11.3. The molecule has 0 atom stereocenters. The summed E-state index contributed by atoms with van der Waals surface area (Å²) in [5, 5.41) is 0. The van der Waals surface area contributed by atoms with Crippen molar-refractivity contribution in [2.45, 2.75) is 20.0 Å². The number of halogens is 1. The molecule has 0 aromatic carbocycles. The Morgan fingerprint density at radius 1 is 1.45 bits per heavy atom. The van der Waals surface area contributed by atoms with Gasteiger partial charge in [-0.15, -0.1) is 0 Å². The quantitative estimate of drug-likeness (QED) is 0.558. The molecule has 0 aliphatic carbocycles. The van der Waals surface area contributed by atoms with Crippen LogP contribution in [0.2, 0.25) is 13.1 Å².